The Balaban J connectivity index is 1.64. The molecule has 24 heavy (non-hydrogen) atoms. The summed E-state index contributed by atoms with van der Waals surface area (Å²) in [6.07, 6.45) is 3.62. The maximum Gasteiger partial charge on any atom is 0.319 e. The zero-order valence-electron chi connectivity index (χ0n) is 13.8. The minimum Gasteiger partial charge on any atom is -0.359 e. The van der Waals surface area contributed by atoms with Gasteiger partial charge in [0.1, 0.15) is 11.4 Å². The normalized spacial score (nSPS) is 12.0. The van der Waals surface area contributed by atoms with Crippen LogP contribution in [0.3, 0.4) is 0 Å². The second-order valence-corrected chi connectivity index (χ2v) is 5.56. The summed E-state index contributed by atoms with van der Waals surface area (Å²) >= 11 is 0. The van der Waals surface area contributed by atoms with Gasteiger partial charge in [-0.15, -0.1) is 0 Å². The molecule has 3 aromatic rings. The second-order valence-electron chi connectivity index (χ2n) is 5.56. The SMILES string of the molecule is Cc1noc(C)c1NC(=O)N[C@@H](C)c1ccc(-n2cccn2)cc1. The van der Waals surface area contributed by atoms with E-state index in [1.807, 2.05) is 43.5 Å². The molecule has 2 amide bonds. The van der Waals surface area contributed by atoms with Gasteiger partial charge in [-0.3, -0.25) is 0 Å². The van der Waals surface area contributed by atoms with E-state index < -0.39 is 0 Å². The number of aromatic nitrogens is 3. The van der Waals surface area contributed by atoms with Crippen LogP contribution in [0.4, 0.5) is 10.5 Å². The highest BCUT2D eigenvalue weighted by atomic mass is 16.5. The van der Waals surface area contributed by atoms with Crippen LogP contribution >= 0.6 is 0 Å². The molecule has 0 radical (unpaired) electrons. The van der Waals surface area contributed by atoms with Gasteiger partial charge in [0.05, 0.1) is 11.7 Å². The van der Waals surface area contributed by atoms with Crippen molar-refractivity contribution in [2.24, 2.45) is 0 Å². The van der Waals surface area contributed by atoms with Crippen LogP contribution in [0.15, 0.2) is 47.2 Å². The minimum atomic E-state index is -0.298. The second kappa shape index (κ2) is 6.57. The Kier molecular flexibility index (Phi) is 4.33. The molecular weight excluding hydrogens is 306 g/mol. The van der Waals surface area contributed by atoms with E-state index in [2.05, 4.69) is 20.9 Å². The van der Waals surface area contributed by atoms with E-state index in [0.29, 0.717) is 17.1 Å². The lowest BCUT2D eigenvalue weighted by Gasteiger charge is -2.15. The van der Waals surface area contributed by atoms with Gasteiger partial charge in [-0.1, -0.05) is 17.3 Å². The summed E-state index contributed by atoms with van der Waals surface area (Å²) in [5.74, 6) is 0.582. The maximum atomic E-state index is 12.1. The Morgan fingerprint density at radius 3 is 2.58 bits per heavy atom. The zero-order chi connectivity index (χ0) is 17.1. The predicted molar refractivity (Wildman–Crippen MR) is 90.1 cm³/mol. The first kappa shape index (κ1) is 15.8. The highest BCUT2D eigenvalue weighted by Crippen LogP contribution is 2.19. The third-order valence-electron chi connectivity index (χ3n) is 3.78. The third kappa shape index (κ3) is 3.29. The average molecular weight is 325 g/mol. The highest BCUT2D eigenvalue weighted by molar-refractivity contribution is 5.90. The molecule has 124 valence electrons. The van der Waals surface area contributed by atoms with E-state index in [1.165, 1.54) is 0 Å². The van der Waals surface area contributed by atoms with Crippen molar-refractivity contribution >= 4 is 11.7 Å². The molecule has 2 heterocycles. The van der Waals surface area contributed by atoms with Crippen molar-refractivity contribution in [3.05, 3.63) is 59.7 Å². The summed E-state index contributed by atoms with van der Waals surface area (Å²) in [7, 11) is 0. The molecule has 0 aliphatic carbocycles. The Hall–Kier alpha value is -3.09. The van der Waals surface area contributed by atoms with Crippen LogP contribution in [-0.4, -0.2) is 21.0 Å². The Morgan fingerprint density at radius 1 is 1.25 bits per heavy atom. The lowest BCUT2D eigenvalue weighted by atomic mass is 10.1. The van der Waals surface area contributed by atoms with Gasteiger partial charge < -0.3 is 15.2 Å². The van der Waals surface area contributed by atoms with Crippen LogP contribution in [0, 0.1) is 13.8 Å². The fourth-order valence-electron chi connectivity index (χ4n) is 2.43. The largest absolute Gasteiger partial charge is 0.359 e. The summed E-state index contributed by atoms with van der Waals surface area (Å²) in [6, 6.07) is 9.30. The number of aryl methyl sites for hydroxylation is 2. The van der Waals surface area contributed by atoms with E-state index in [-0.39, 0.29) is 12.1 Å². The quantitative estimate of drug-likeness (QED) is 0.770. The molecule has 1 aromatic carbocycles. The number of amides is 2. The minimum absolute atomic E-state index is 0.142. The van der Waals surface area contributed by atoms with E-state index in [0.717, 1.165) is 11.3 Å². The highest BCUT2D eigenvalue weighted by Gasteiger charge is 2.14. The monoisotopic (exact) mass is 325 g/mol. The van der Waals surface area contributed by atoms with Crippen molar-refractivity contribution in [3.8, 4) is 5.69 Å². The number of nitrogens with one attached hydrogen (secondary N) is 2. The first-order chi connectivity index (χ1) is 11.5. The Morgan fingerprint density at radius 2 is 2.00 bits per heavy atom. The molecule has 0 aliphatic heterocycles. The van der Waals surface area contributed by atoms with Crippen molar-refractivity contribution in [2.75, 3.05) is 5.32 Å². The predicted octanol–water partition coefficient (Wildman–Crippen LogP) is 3.36. The van der Waals surface area contributed by atoms with Crippen LogP contribution in [0.2, 0.25) is 0 Å². The number of anilines is 1. The van der Waals surface area contributed by atoms with E-state index in [9.17, 15) is 4.79 Å². The fourth-order valence-corrected chi connectivity index (χ4v) is 2.43. The smallest absolute Gasteiger partial charge is 0.319 e. The molecule has 3 rings (SSSR count). The van der Waals surface area contributed by atoms with Crippen LogP contribution in [0.5, 0.6) is 0 Å². The van der Waals surface area contributed by atoms with Gasteiger partial charge in [-0.25, -0.2) is 9.48 Å². The van der Waals surface area contributed by atoms with Gasteiger partial charge in [-0.2, -0.15) is 5.10 Å². The molecule has 0 unspecified atom stereocenters. The van der Waals surface area contributed by atoms with Crippen LogP contribution in [0.1, 0.15) is 30.0 Å². The zero-order valence-corrected chi connectivity index (χ0v) is 13.8. The summed E-state index contributed by atoms with van der Waals surface area (Å²) < 4.78 is 6.82. The number of rotatable bonds is 4. The Bertz CT molecular complexity index is 802. The molecule has 2 aromatic heterocycles. The fraction of sp³-hybridized carbons (Fsp3) is 0.235. The van der Waals surface area contributed by atoms with Crippen LogP contribution in [0.25, 0.3) is 5.69 Å². The third-order valence-corrected chi connectivity index (χ3v) is 3.78. The lowest BCUT2D eigenvalue weighted by Crippen LogP contribution is -2.31. The van der Waals surface area contributed by atoms with Crippen LogP contribution < -0.4 is 10.6 Å². The molecule has 0 saturated heterocycles. The van der Waals surface area contributed by atoms with Crippen molar-refractivity contribution in [1.29, 1.82) is 0 Å². The Labute approximate surface area is 139 Å². The van der Waals surface area contributed by atoms with Gasteiger partial charge in [0.25, 0.3) is 0 Å². The van der Waals surface area contributed by atoms with Gasteiger partial charge in [0.2, 0.25) is 0 Å². The van der Waals surface area contributed by atoms with Crippen molar-refractivity contribution in [3.63, 3.8) is 0 Å². The number of carbonyl (C=O) groups excluding carboxylic acids is 1. The van der Waals surface area contributed by atoms with Crippen molar-refractivity contribution < 1.29 is 9.32 Å². The summed E-state index contributed by atoms with van der Waals surface area (Å²) in [4.78, 5) is 12.1. The van der Waals surface area contributed by atoms with Gasteiger partial charge in [-0.05, 0) is 44.5 Å². The number of nitrogens with zero attached hydrogens (tertiary/aromatic N) is 3. The number of benzene rings is 1. The molecule has 7 nitrogen and oxygen atoms in total. The van der Waals surface area contributed by atoms with Gasteiger partial charge >= 0.3 is 6.03 Å². The van der Waals surface area contributed by atoms with E-state index in [1.54, 1.807) is 24.7 Å². The van der Waals surface area contributed by atoms with E-state index >= 15 is 0 Å². The number of hydrogen-bond acceptors (Lipinski definition) is 4. The summed E-state index contributed by atoms with van der Waals surface area (Å²) in [5.41, 5.74) is 3.23. The summed E-state index contributed by atoms with van der Waals surface area (Å²) in [6.45, 7) is 5.46. The van der Waals surface area contributed by atoms with Crippen molar-refractivity contribution in [2.45, 2.75) is 26.8 Å². The standard InChI is InChI=1S/C17H19N5O2/c1-11(19-17(23)20-16-12(2)21-24-13(16)3)14-5-7-15(8-6-14)22-10-4-9-18-22/h4-11H,1-3H3,(H2,19,20,23)/t11-/m0/s1. The lowest BCUT2D eigenvalue weighted by molar-refractivity contribution is 0.249. The molecule has 7 heteroatoms. The molecule has 0 bridgehead atoms. The van der Waals surface area contributed by atoms with E-state index in [4.69, 9.17) is 4.52 Å². The van der Waals surface area contributed by atoms with Crippen molar-refractivity contribution in [1.82, 2.24) is 20.3 Å². The molecule has 2 N–H and O–H groups in total. The number of hydrogen-bond donors (Lipinski definition) is 2. The summed E-state index contributed by atoms with van der Waals surface area (Å²) in [5, 5.41) is 13.7. The molecule has 0 saturated carbocycles. The first-order valence-electron chi connectivity index (χ1n) is 7.65. The number of carbonyl (C=O) groups is 1. The first-order valence-corrected chi connectivity index (χ1v) is 7.65. The molecule has 1 atom stereocenters. The van der Waals surface area contributed by atoms with Gasteiger partial charge in [0, 0.05) is 12.4 Å². The molecule has 0 aliphatic rings. The van der Waals surface area contributed by atoms with Gasteiger partial charge in [0.15, 0.2) is 5.76 Å². The molecule has 0 fully saturated rings. The topological polar surface area (TPSA) is 85.0 Å². The van der Waals surface area contributed by atoms with Crippen LogP contribution in [-0.2, 0) is 0 Å². The molecular formula is C17H19N5O2. The number of urea groups is 1. The maximum absolute atomic E-state index is 12.1. The average Bonchev–Trinajstić information content (AvgIpc) is 3.21. The molecule has 0 spiro atoms.